The summed E-state index contributed by atoms with van der Waals surface area (Å²) in [5.41, 5.74) is 5.72. The molecule has 0 fully saturated rings. The van der Waals surface area contributed by atoms with Gasteiger partial charge in [0.05, 0.1) is 32.1 Å². The lowest BCUT2D eigenvalue weighted by atomic mass is 9.70. The molecule has 5 rings (SSSR count). The fourth-order valence-corrected chi connectivity index (χ4v) is 16.8. The molecule has 0 radical (unpaired) electrons. The fourth-order valence-electron chi connectivity index (χ4n) is 10.7. The maximum Gasteiger partial charge on any atom is 0.187 e. The molecule has 3 aromatic carbocycles. The highest BCUT2D eigenvalue weighted by Gasteiger charge is 2.46. The number of hydrogen-bond acceptors (Lipinski definition) is 8. The Labute approximate surface area is 415 Å². The van der Waals surface area contributed by atoms with Gasteiger partial charge in [0.25, 0.3) is 0 Å². The van der Waals surface area contributed by atoms with Gasteiger partial charge in [0.1, 0.15) is 10.5 Å². The van der Waals surface area contributed by atoms with Gasteiger partial charge in [0.2, 0.25) is 0 Å². The zero-order valence-corrected chi connectivity index (χ0v) is 45.2. The number of rotatable bonds is 21. The number of allylic oxidation sites excluding steroid dienone is 7. The molecular weight excluding hydrogens is 921 g/mol. The van der Waals surface area contributed by atoms with Crippen LogP contribution in [0.15, 0.2) is 175 Å². The minimum absolute atomic E-state index is 0.176. The van der Waals surface area contributed by atoms with Crippen LogP contribution in [0.3, 0.4) is 0 Å². The molecular formula is C58H78O8S3. The van der Waals surface area contributed by atoms with Gasteiger partial charge in [0, 0.05) is 0 Å². The van der Waals surface area contributed by atoms with Crippen LogP contribution in [0.4, 0.5) is 0 Å². The number of benzene rings is 3. The monoisotopic (exact) mass is 998 g/mol. The van der Waals surface area contributed by atoms with Gasteiger partial charge in [-0.3, -0.25) is 0 Å². The molecule has 376 valence electrons. The van der Waals surface area contributed by atoms with Crippen LogP contribution >= 0.6 is 0 Å². The maximum absolute atomic E-state index is 14.4. The van der Waals surface area contributed by atoms with Crippen LogP contribution < -0.4 is 0 Å². The summed E-state index contributed by atoms with van der Waals surface area (Å²) in [5, 5.41) is 20.9. The van der Waals surface area contributed by atoms with E-state index >= 15 is 0 Å². The van der Waals surface area contributed by atoms with Gasteiger partial charge >= 0.3 is 0 Å². The Morgan fingerprint density at radius 1 is 0.536 bits per heavy atom. The van der Waals surface area contributed by atoms with Gasteiger partial charge in [-0.05, 0) is 182 Å². The highest BCUT2D eigenvalue weighted by Crippen LogP contribution is 2.48. The van der Waals surface area contributed by atoms with E-state index in [1.54, 1.807) is 105 Å². The van der Waals surface area contributed by atoms with Gasteiger partial charge < -0.3 is 10.2 Å². The van der Waals surface area contributed by atoms with E-state index in [0.29, 0.717) is 36.8 Å². The minimum Gasteiger partial charge on any atom is -0.387 e. The first-order valence-corrected chi connectivity index (χ1v) is 29.3. The maximum atomic E-state index is 14.4. The third-order valence-corrected chi connectivity index (χ3v) is 20.9. The Morgan fingerprint density at radius 2 is 0.884 bits per heavy atom. The van der Waals surface area contributed by atoms with Gasteiger partial charge in [0.15, 0.2) is 29.5 Å². The van der Waals surface area contributed by atoms with Crippen molar-refractivity contribution >= 4 is 29.5 Å². The van der Waals surface area contributed by atoms with Crippen LogP contribution in [0.1, 0.15) is 140 Å². The number of aliphatic hydroxyl groups is 2. The van der Waals surface area contributed by atoms with Crippen molar-refractivity contribution in [3.8, 4) is 0 Å². The van der Waals surface area contributed by atoms with Gasteiger partial charge in [-0.1, -0.05) is 129 Å². The second-order valence-corrected chi connectivity index (χ2v) is 27.3. The molecule has 11 heteroatoms. The lowest BCUT2D eigenvalue weighted by molar-refractivity contribution is 0.197. The molecule has 5 atom stereocenters. The molecule has 0 bridgehead atoms. The number of aliphatic hydroxyl groups excluding tert-OH is 2. The molecule has 0 amide bonds. The van der Waals surface area contributed by atoms with E-state index in [4.69, 9.17) is 0 Å². The summed E-state index contributed by atoms with van der Waals surface area (Å²) in [5.74, 6) is 0. The molecule has 0 aliphatic heterocycles. The molecule has 8 nitrogen and oxygen atoms in total. The zero-order valence-electron chi connectivity index (χ0n) is 42.7. The summed E-state index contributed by atoms with van der Waals surface area (Å²) in [6.07, 6.45) is 12.4. The molecule has 0 saturated heterocycles. The molecule has 0 aromatic heterocycles. The van der Waals surface area contributed by atoms with E-state index in [1.807, 2.05) is 52.0 Å². The van der Waals surface area contributed by atoms with Crippen molar-refractivity contribution in [1.82, 2.24) is 0 Å². The summed E-state index contributed by atoms with van der Waals surface area (Å²) in [4.78, 5) is 0.587. The van der Waals surface area contributed by atoms with Crippen molar-refractivity contribution in [1.29, 1.82) is 0 Å². The predicted octanol–water partition coefficient (Wildman–Crippen LogP) is 13.0. The first kappa shape index (κ1) is 55.8. The van der Waals surface area contributed by atoms with Crippen molar-refractivity contribution in [2.75, 3.05) is 0 Å². The lowest BCUT2D eigenvalue weighted by Gasteiger charge is -2.40. The zero-order chi connectivity index (χ0) is 51.0. The first-order chi connectivity index (χ1) is 32.3. The van der Waals surface area contributed by atoms with Crippen molar-refractivity contribution in [2.24, 2.45) is 10.8 Å². The summed E-state index contributed by atoms with van der Waals surface area (Å²) < 4.78 is 86.0. The first-order valence-electron chi connectivity index (χ1n) is 24.6. The Kier molecular flexibility index (Phi) is 18.9. The van der Waals surface area contributed by atoms with Crippen molar-refractivity contribution in [3.05, 3.63) is 160 Å². The molecule has 2 N–H and O–H groups in total. The Balaban J connectivity index is 1.35. The highest BCUT2D eigenvalue weighted by molar-refractivity contribution is 7.93. The van der Waals surface area contributed by atoms with Crippen molar-refractivity contribution < 1.29 is 35.5 Å². The molecule has 0 saturated carbocycles. The van der Waals surface area contributed by atoms with Gasteiger partial charge in [-0.2, -0.15) is 0 Å². The molecule has 0 spiro atoms. The van der Waals surface area contributed by atoms with Gasteiger partial charge in [-0.15, -0.1) is 0 Å². The topological polar surface area (TPSA) is 143 Å². The molecule has 2 aliphatic rings. The van der Waals surface area contributed by atoms with E-state index in [-0.39, 0.29) is 21.1 Å². The molecule has 0 heterocycles. The average Bonchev–Trinajstić information content (AvgIpc) is 3.30. The molecule has 3 aromatic rings. The predicted molar refractivity (Wildman–Crippen MR) is 283 cm³/mol. The fraction of sp³-hybridized carbons (Fsp3) is 0.483. The van der Waals surface area contributed by atoms with E-state index in [0.717, 1.165) is 72.0 Å². The molecule has 2 aliphatic carbocycles. The van der Waals surface area contributed by atoms with E-state index in [1.165, 1.54) is 0 Å². The second kappa shape index (κ2) is 23.4. The van der Waals surface area contributed by atoms with Crippen LogP contribution in [-0.2, 0) is 29.5 Å². The summed E-state index contributed by atoms with van der Waals surface area (Å²) >= 11 is 0. The number of sulfone groups is 3. The van der Waals surface area contributed by atoms with E-state index in [2.05, 4.69) is 27.7 Å². The second-order valence-electron chi connectivity index (χ2n) is 21.0. The van der Waals surface area contributed by atoms with Crippen molar-refractivity contribution in [3.63, 3.8) is 0 Å². The Bertz CT molecular complexity index is 2780. The molecule has 69 heavy (non-hydrogen) atoms. The van der Waals surface area contributed by atoms with E-state index in [9.17, 15) is 35.5 Å². The highest BCUT2D eigenvalue weighted by atomic mass is 32.2. The van der Waals surface area contributed by atoms with Crippen LogP contribution in [0.5, 0.6) is 0 Å². The average molecular weight is 999 g/mol. The quantitative estimate of drug-likeness (QED) is 0.100. The van der Waals surface area contributed by atoms with Crippen molar-refractivity contribution in [2.45, 2.75) is 183 Å². The molecule has 5 unspecified atom stereocenters. The van der Waals surface area contributed by atoms with Crippen LogP contribution in [0.2, 0.25) is 0 Å². The number of hydrogen-bond donors (Lipinski definition) is 2. The third-order valence-electron chi connectivity index (χ3n) is 14.6. The largest absolute Gasteiger partial charge is 0.387 e. The van der Waals surface area contributed by atoms with Gasteiger partial charge in [-0.25, -0.2) is 25.3 Å². The third kappa shape index (κ3) is 13.4. The Hall–Kier alpha value is -4.13. The van der Waals surface area contributed by atoms with E-state index < -0.39 is 68.3 Å². The normalized spacial score (nSPS) is 20.1. The standard InChI is InChI=1S/C58H78O8S3/c1-41(24-20-26-45(5)53(59)55(51-43(3)28-22-38-57(51,7)8)68(63,64)48-32-16-12-17-33-48)36-37-50(67(61,62)47-30-14-11-15-31-47)40-42(2)25-21-27-46(6)54(60)56(52-44(4)29-23-39-58(52,9)10)69(65,66)49-34-18-13-19-35-49/h11-19,26-27,30-36,40,50,53-56,59-60H,20-25,28-29,37-39H2,1-10H3. The summed E-state index contributed by atoms with van der Waals surface area (Å²) in [7, 11) is -11.7. The SMILES string of the molecule is CC(=CCC(C=C(C)CCC=C(C)C(O)C(C1=C(C)CCCC1(C)C)S(=O)(=O)c1ccccc1)S(=O)(=O)c1ccccc1)CCC=C(C)C(O)C(C1=C(C)CCCC1(C)C)S(=O)(=O)c1ccccc1. The smallest absolute Gasteiger partial charge is 0.187 e. The Morgan fingerprint density at radius 3 is 1.25 bits per heavy atom. The minimum atomic E-state index is -3.98. The lowest BCUT2D eigenvalue weighted by Crippen LogP contribution is -2.42. The van der Waals surface area contributed by atoms with Crippen LogP contribution in [0.25, 0.3) is 0 Å². The van der Waals surface area contributed by atoms with Crippen LogP contribution in [0, 0.1) is 10.8 Å². The van der Waals surface area contributed by atoms with Crippen LogP contribution in [-0.4, -0.2) is 63.4 Å². The summed E-state index contributed by atoms with van der Waals surface area (Å²) in [6.45, 7) is 19.7. The summed E-state index contributed by atoms with van der Waals surface area (Å²) in [6, 6.07) is 25.2.